The number of hydrogen-bond donors (Lipinski definition) is 2. The van der Waals surface area contributed by atoms with Crippen LogP contribution >= 0.6 is 11.3 Å². The number of fused-ring (bicyclic) bond motifs is 1. The molecule has 1 aliphatic rings. The first-order chi connectivity index (χ1) is 13.2. The molecule has 4 rings (SSSR count). The van der Waals surface area contributed by atoms with Crippen molar-refractivity contribution in [3.05, 3.63) is 58.4 Å². The molecule has 2 aromatic carbocycles. The van der Waals surface area contributed by atoms with Gasteiger partial charge in [0.1, 0.15) is 10.8 Å². The van der Waals surface area contributed by atoms with Gasteiger partial charge in [0.15, 0.2) is 0 Å². The third-order valence-electron chi connectivity index (χ3n) is 4.59. The number of carbonyl (C=O) groups is 1. The molecule has 0 radical (unpaired) electrons. The van der Waals surface area contributed by atoms with E-state index in [-0.39, 0.29) is 5.91 Å². The molecule has 0 aliphatic carbocycles. The molecule has 0 bridgehead atoms. The van der Waals surface area contributed by atoms with Crippen molar-refractivity contribution < 1.29 is 9.53 Å². The molecule has 138 valence electrons. The number of carbonyl (C=O) groups excluding carboxylic acids is 1. The predicted molar refractivity (Wildman–Crippen MR) is 109 cm³/mol. The molecule has 0 fully saturated rings. The highest BCUT2D eigenvalue weighted by molar-refractivity contribution is 7.10. The number of benzene rings is 2. The minimum atomic E-state index is 0.0994. The Hall–Kier alpha value is -2.86. The normalized spacial score (nSPS) is 13.4. The van der Waals surface area contributed by atoms with E-state index >= 15 is 0 Å². The summed E-state index contributed by atoms with van der Waals surface area (Å²) in [5.41, 5.74) is 5.17. The average Bonchev–Trinajstić information content (AvgIpc) is 3.09. The first kappa shape index (κ1) is 17.5. The van der Waals surface area contributed by atoms with E-state index in [9.17, 15) is 4.79 Å². The van der Waals surface area contributed by atoms with Gasteiger partial charge in [-0.3, -0.25) is 4.79 Å². The lowest BCUT2D eigenvalue weighted by atomic mass is 10.1. The third-order valence-corrected chi connectivity index (χ3v) is 5.44. The molecule has 3 aromatic rings. The Morgan fingerprint density at radius 2 is 2.15 bits per heavy atom. The SMILES string of the molecule is COc1cccc(-c2csc(CNc3ccc4c(c3)CCCC(=O)N4)n2)c1. The van der Waals surface area contributed by atoms with Gasteiger partial charge in [-0.1, -0.05) is 12.1 Å². The molecule has 27 heavy (non-hydrogen) atoms. The molecule has 6 heteroatoms. The standard InChI is InChI=1S/C21H21N3O2S/c1-26-17-6-2-4-15(11-17)19-13-27-21(24-19)12-22-16-8-9-18-14(10-16)5-3-7-20(25)23-18/h2,4,6,8-11,13,22H,3,5,7,12H2,1H3,(H,23,25). The largest absolute Gasteiger partial charge is 0.497 e. The zero-order valence-corrected chi connectivity index (χ0v) is 15.9. The van der Waals surface area contributed by atoms with E-state index in [4.69, 9.17) is 9.72 Å². The van der Waals surface area contributed by atoms with Gasteiger partial charge in [0.25, 0.3) is 0 Å². The molecule has 2 heterocycles. The second-order valence-corrected chi connectivity index (χ2v) is 7.43. The summed E-state index contributed by atoms with van der Waals surface area (Å²) in [5, 5.41) is 9.50. The van der Waals surface area contributed by atoms with Crippen LogP contribution < -0.4 is 15.4 Å². The first-order valence-electron chi connectivity index (χ1n) is 8.97. The van der Waals surface area contributed by atoms with Gasteiger partial charge in [0, 0.05) is 28.7 Å². The summed E-state index contributed by atoms with van der Waals surface area (Å²) in [7, 11) is 1.67. The van der Waals surface area contributed by atoms with E-state index in [1.54, 1.807) is 18.4 Å². The van der Waals surface area contributed by atoms with Gasteiger partial charge in [0.2, 0.25) is 5.91 Å². The van der Waals surface area contributed by atoms with E-state index in [2.05, 4.69) is 22.1 Å². The Morgan fingerprint density at radius 3 is 3.04 bits per heavy atom. The van der Waals surface area contributed by atoms with E-state index in [0.29, 0.717) is 13.0 Å². The molecular weight excluding hydrogens is 358 g/mol. The maximum absolute atomic E-state index is 11.7. The van der Waals surface area contributed by atoms with Crippen molar-refractivity contribution in [3.63, 3.8) is 0 Å². The fraction of sp³-hybridized carbons (Fsp3) is 0.238. The highest BCUT2D eigenvalue weighted by Gasteiger charge is 2.13. The van der Waals surface area contributed by atoms with Crippen LogP contribution in [0.2, 0.25) is 0 Å². The summed E-state index contributed by atoms with van der Waals surface area (Å²) in [6.45, 7) is 0.666. The number of thiazole rings is 1. The van der Waals surface area contributed by atoms with Crippen LogP contribution in [-0.4, -0.2) is 18.0 Å². The number of nitrogens with one attached hydrogen (secondary N) is 2. The second-order valence-electron chi connectivity index (χ2n) is 6.49. The number of rotatable bonds is 5. The first-order valence-corrected chi connectivity index (χ1v) is 9.85. The van der Waals surface area contributed by atoms with E-state index in [1.807, 2.05) is 36.4 Å². The fourth-order valence-electron chi connectivity index (χ4n) is 3.17. The minimum absolute atomic E-state index is 0.0994. The molecule has 0 atom stereocenters. The summed E-state index contributed by atoms with van der Waals surface area (Å²) in [4.78, 5) is 16.4. The lowest BCUT2D eigenvalue weighted by Crippen LogP contribution is -2.09. The van der Waals surface area contributed by atoms with Crippen molar-refractivity contribution in [3.8, 4) is 17.0 Å². The highest BCUT2D eigenvalue weighted by Crippen LogP contribution is 2.27. The Kier molecular flexibility index (Phi) is 5.07. The van der Waals surface area contributed by atoms with Gasteiger partial charge >= 0.3 is 0 Å². The smallest absolute Gasteiger partial charge is 0.224 e. The van der Waals surface area contributed by atoms with Crippen molar-refractivity contribution in [2.45, 2.75) is 25.8 Å². The van der Waals surface area contributed by atoms with Crippen LogP contribution in [0.15, 0.2) is 47.8 Å². The maximum atomic E-state index is 11.7. The summed E-state index contributed by atoms with van der Waals surface area (Å²) in [6, 6.07) is 14.0. The predicted octanol–water partition coefficient (Wildman–Crippen LogP) is 4.71. The van der Waals surface area contributed by atoms with Crippen LogP contribution in [0.1, 0.15) is 23.4 Å². The van der Waals surface area contributed by atoms with Crippen LogP contribution in [0.4, 0.5) is 11.4 Å². The number of anilines is 2. The Bertz CT molecular complexity index is 968. The van der Waals surface area contributed by atoms with Crippen LogP contribution in [0.3, 0.4) is 0 Å². The van der Waals surface area contributed by atoms with Gasteiger partial charge in [-0.05, 0) is 48.7 Å². The quantitative estimate of drug-likeness (QED) is 0.674. The van der Waals surface area contributed by atoms with Gasteiger partial charge in [0.05, 0.1) is 19.3 Å². The van der Waals surface area contributed by atoms with Crippen molar-refractivity contribution in [2.75, 3.05) is 17.7 Å². The van der Waals surface area contributed by atoms with Crippen molar-refractivity contribution in [1.29, 1.82) is 0 Å². The molecule has 1 aliphatic heterocycles. The van der Waals surface area contributed by atoms with Gasteiger partial charge in [-0.2, -0.15) is 0 Å². The minimum Gasteiger partial charge on any atom is -0.497 e. The third kappa shape index (κ3) is 4.11. The molecule has 1 amide bonds. The highest BCUT2D eigenvalue weighted by atomic mass is 32.1. The van der Waals surface area contributed by atoms with E-state index in [1.165, 1.54) is 5.56 Å². The van der Waals surface area contributed by atoms with Crippen LogP contribution in [0.25, 0.3) is 11.3 Å². The van der Waals surface area contributed by atoms with Crippen molar-refractivity contribution in [2.24, 2.45) is 0 Å². The van der Waals surface area contributed by atoms with Gasteiger partial charge < -0.3 is 15.4 Å². The molecule has 2 N–H and O–H groups in total. The van der Waals surface area contributed by atoms with Gasteiger partial charge in [-0.25, -0.2) is 4.98 Å². The number of hydrogen-bond acceptors (Lipinski definition) is 5. The zero-order valence-electron chi connectivity index (χ0n) is 15.1. The molecular formula is C21H21N3O2S. The van der Waals surface area contributed by atoms with Crippen molar-refractivity contribution >= 4 is 28.6 Å². The molecule has 0 unspecified atom stereocenters. The monoisotopic (exact) mass is 379 g/mol. The summed E-state index contributed by atoms with van der Waals surface area (Å²) < 4.78 is 5.29. The molecule has 1 aromatic heterocycles. The number of methoxy groups -OCH3 is 1. The Balaban J connectivity index is 1.44. The summed E-state index contributed by atoms with van der Waals surface area (Å²) in [5.74, 6) is 0.930. The number of amides is 1. The van der Waals surface area contributed by atoms with E-state index < -0.39 is 0 Å². The van der Waals surface area contributed by atoms with Crippen molar-refractivity contribution in [1.82, 2.24) is 4.98 Å². The van der Waals surface area contributed by atoms with Crippen LogP contribution in [0.5, 0.6) is 5.75 Å². The summed E-state index contributed by atoms with van der Waals surface area (Å²) >= 11 is 1.64. The Morgan fingerprint density at radius 1 is 1.22 bits per heavy atom. The van der Waals surface area contributed by atoms with E-state index in [0.717, 1.165) is 46.2 Å². The fourth-order valence-corrected chi connectivity index (χ4v) is 3.91. The summed E-state index contributed by atoms with van der Waals surface area (Å²) in [6.07, 6.45) is 2.39. The molecule has 5 nitrogen and oxygen atoms in total. The maximum Gasteiger partial charge on any atom is 0.224 e. The second kappa shape index (κ2) is 7.80. The number of nitrogens with zero attached hydrogens (tertiary/aromatic N) is 1. The molecule has 0 spiro atoms. The molecule has 0 saturated carbocycles. The van der Waals surface area contributed by atoms with Crippen LogP contribution in [0, 0.1) is 0 Å². The molecule has 0 saturated heterocycles. The lowest BCUT2D eigenvalue weighted by molar-refractivity contribution is -0.116. The van der Waals surface area contributed by atoms with Crippen LogP contribution in [-0.2, 0) is 17.8 Å². The average molecular weight is 379 g/mol. The number of aryl methyl sites for hydroxylation is 1. The van der Waals surface area contributed by atoms with Gasteiger partial charge in [-0.15, -0.1) is 11.3 Å². The number of aromatic nitrogens is 1. The number of ether oxygens (including phenoxy) is 1. The Labute approximate surface area is 162 Å². The zero-order chi connectivity index (χ0) is 18.6. The lowest BCUT2D eigenvalue weighted by Gasteiger charge is -2.10. The topological polar surface area (TPSA) is 63.2 Å².